The first-order valence-corrected chi connectivity index (χ1v) is 5.36. The first-order valence-electron chi connectivity index (χ1n) is 5.36. The van der Waals surface area contributed by atoms with Gasteiger partial charge in [0.15, 0.2) is 7.28 Å². The van der Waals surface area contributed by atoms with Crippen molar-refractivity contribution >= 4 is 25.3 Å². The highest BCUT2D eigenvalue weighted by molar-refractivity contribution is 6.60. The highest BCUT2D eigenvalue weighted by Gasteiger charge is 2.19. The molecule has 0 heterocycles. The highest BCUT2D eigenvalue weighted by atomic mass is 16.5. The van der Waals surface area contributed by atoms with Crippen molar-refractivity contribution in [1.29, 1.82) is 0 Å². The first kappa shape index (κ1) is 13.1. The second-order valence-corrected chi connectivity index (χ2v) is 5.18. The van der Waals surface area contributed by atoms with Crippen LogP contribution >= 0.6 is 0 Å². The van der Waals surface area contributed by atoms with Crippen molar-refractivity contribution in [2.45, 2.75) is 26.1 Å². The van der Waals surface area contributed by atoms with E-state index < -0.39 is 7.12 Å². The molecule has 0 bridgehead atoms. The Morgan fingerprint density at radius 1 is 1.25 bits per heavy atom. The summed E-state index contributed by atoms with van der Waals surface area (Å²) < 4.78 is 5.26. The van der Waals surface area contributed by atoms with Crippen LogP contribution in [0.25, 0.3) is 0 Å². The Morgan fingerprint density at radius 2 is 1.88 bits per heavy atom. The number of methoxy groups -OCH3 is 1. The standard InChI is InChI=1S/C11H18B2O3/c1-11(2,3)12-9-6-5-8(13(14)15)7-10(9)16-4/h5-7,12,14-15H,1-4H3. The van der Waals surface area contributed by atoms with Crippen LogP contribution in [-0.4, -0.2) is 31.6 Å². The third-order valence-corrected chi connectivity index (χ3v) is 2.33. The van der Waals surface area contributed by atoms with E-state index in [1.54, 1.807) is 19.2 Å². The smallest absolute Gasteiger partial charge is 0.488 e. The van der Waals surface area contributed by atoms with Gasteiger partial charge in [-0.05, 0) is 17.0 Å². The summed E-state index contributed by atoms with van der Waals surface area (Å²) in [4.78, 5) is 0. The fourth-order valence-corrected chi connectivity index (χ4v) is 1.64. The molecule has 0 fully saturated rings. The van der Waals surface area contributed by atoms with E-state index in [0.29, 0.717) is 11.2 Å². The number of ether oxygens (including phenoxy) is 1. The molecule has 1 aromatic rings. The van der Waals surface area contributed by atoms with Gasteiger partial charge in [0.1, 0.15) is 5.75 Å². The van der Waals surface area contributed by atoms with Crippen LogP contribution in [0.15, 0.2) is 18.2 Å². The van der Waals surface area contributed by atoms with E-state index in [-0.39, 0.29) is 5.31 Å². The van der Waals surface area contributed by atoms with Gasteiger partial charge >= 0.3 is 7.12 Å². The summed E-state index contributed by atoms with van der Waals surface area (Å²) in [5.74, 6) is 0.709. The zero-order valence-electron chi connectivity index (χ0n) is 10.3. The number of rotatable bonds is 3. The van der Waals surface area contributed by atoms with Gasteiger partial charge in [-0.15, -0.1) is 0 Å². The topological polar surface area (TPSA) is 49.7 Å². The summed E-state index contributed by atoms with van der Waals surface area (Å²) in [6.07, 6.45) is 0. The molecule has 0 aliphatic carbocycles. The molecule has 0 radical (unpaired) electrons. The summed E-state index contributed by atoms with van der Waals surface area (Å²) in [6.45, 7) is 6.46. The second-order valence-electron chi connectivity index (χ2n) is 5.18. The van der Waals surface area contributed by atoms with Crippen LogP contribution < -0.4 is 15.7 Å². The maximum Gasteiger partial charge on any atom is 0.488 e. The van der Waals surface area contributed by atoms with E-state index in [4.69, 9.17) is 14.8 Å². The number of benzene rings is 1. The van der Waals surface area contributed by atoms with Crippen molar-refractivity contribution < 1.29 is 14.8 Å². The molecule has 0 aliphatic heterocycles. The molecule has 1 rings (SSSR count). The summed E-state index contributed by atoms with van der Waals surface area (Å²) >= 11 is 0. The van der Waals surface area contributed by atoms with Gasteiger partial charge in [0.05, 0.1) is 7.11 Å². The van der Waals surface area contributed by atoms with Crippen molar-refractivity contribution in [3.63, 3.8) is 0 Å². The van der Waals surface area contributed by atoms with Crippen LogP contribution in [-0.2, 0) is 0 Å². The van der Waals surface area contributed by atoms with Gasteiger partial charge in [-0.1, -0.05) is 38.2 Å². The van der Waals surface area contributed by atoms with Gasteiger partial charge in [0.2, 0.25) is 0 Å². The molecule has 3 nitrogen and oxygen atoms in total. The molecule has 86 valence electrons. The van der Waals surface area contributed by atoms with E-state index in [1.807, 2.05) is 6.07 Å². The molecule has 1 aromatic carbocycles. The molecule has 5 heteroatoms. The predicted octanol–water partition coefficient (Wildman–Crippen LogP) is -0.345. The Hall–Kier alpha value is -0.930. The predicted molar refractivity (Wildman–Crippen MR) is 69.3 cm³/mol. The molecule has 16 heavy (non-hydrogen) atoms. The molecule has 0 unspecified atom stereocenters. The molecule has 0 aliphatic rings. The lowest BCUT2D eigenvalue weighted by atomic mass is 9.51. The third kappa shape index (κ3) is 3.58. The monoisotopic (exact) mass is 220 g/mol. The first-order chi connectivity index (χ1) is 7.33. The molecule has 0 spiro atoms. The maximum atomic E-state index is 9.07. The number of hydrogen-bond donors (Lipinski definition) is 2. The Kier molecular flexibility index (Phi) is 4.05. The van der Waals surface area contributed by atoms with E-state index in [2.05, 4.69) is 20.8 Å². The maximum absolute atomic E-state index is 9.07. The van der Waals surface area contributed by atoms with Gasteiger partial charge in [0, 0.05) is 0 Å². The fourth-order valence-electron chi connectivity index (χ4n) is 1.64. The van der Waals surface area contributed by atoms with Crippen LogP contribution in [0.5, 0.6) is 5.75 Å². The normalized spacial score (nSPS) is 11.1. The third-order valence-electron chi connectivity index (χ3n) is 2.33. The molecule has 0 aromatic heterocycles. The average Bonchev–Trinajstić information content (AvgIpc) is 2.15. The van der Waals surface area contributed by atoms with Gasteiger partial charge in [-0.25, -0.2) is 0 Å². The zero-order valence-corrected chi connectivity index (χ0v) is 10.3. The van der Waals surface area contributed by atoms with Crippen LogP contribution in [0, 0.1) is 0 Å². The average molecular weight is 220 g/mol. The van der Waals surface area contributed by atoms with E-state index in [0.717, 1.165) is 12.7 Å². The molecule has 0 saturated heterocycles. The van der Waals surface area contributed by atoms with Crippen molar-refractivity contribution in [2.24, 2.45) is 0 Å². The lowest BCUT2D eigenvalue weighted by Gasteiger charge is -2.18. The minimum Gasteiger partial charge on any atom is -0.497 e. The van der Waals surface area contributed by atoms with Crippen LogP contribution in [0.1, 0.15) is 20.8 Å². The van der Waals surface area contributed by atoms with Crippen LogP contribution in [0.2, 0.25) is 5.31 Å². The van der Waals surface area contributed by atoms with Crippen molar-refractivity contribution in [3.8, 4) is 5.75 Å². The number of hydrogen-bond acceptors (Lipinski definition) is 3. The largest absolute Gasteiger partial charge is 0.497 e. The Labute approximate surface area is 97.8 Å². The Bertz CT molecular complexity index is 359. The van der Waals surface area contributed by atoms with Gasteiger partial charge in [-0.2, -0.15) is 0 Å². The molecular formula is C11H18B2O3. The lowest BCUT2D eigenvalue weighted by molar-refractivity contribution is 0.414. The summed E-state index contributed by atoms with van der Waals surface area (Å²) in [5, 5.41) is 18.3. The van der Waals surface area contributed by atoms with Crippen LogP contribution in [0.4, 0.5) is 0 Å². The van der Waals surface area contributed by atoms with E-state index in [1.165, 1.54) is 0 Å². The van der Waals surface area contributed by atoms with Gasteiger partial charge in [-0.3, -0.25) is 0 Å². The van der Waals surface area contributed by atoms with Crippen molar-refractivity contribution in [2.75, 3.05) is 7.11 Å². The summed E-state index contributed by atoms with van der Waals surface area (Å²) in [6, 6.07) is 5.28. The van der Waals surface area contributed by atoms with Gasteiger partial charge in [0.25, 0.3) is 0 Å². The van der Waals surface area contributed by atoms with Gasteiger partial charge < -0.3 is 14.8 Å². The second kappa shape index (κ2) is 4.93. The van der Waals surface area contributed by atoms with Crippen molar-refractivity contribution in [3.05, 3.63) is 18.2 Å². The molecule has 0 amide bonds. The molecular weight excluding hydrogens is 202 g/mol. The Balaban J connectivity index is 3.02. The minimum atomic E-state index is -1.45. The summed E-state index contributed by atoms with van der Waals surface area (Å²) in [5.41, 5.74) is 1.54. The molecule has 0 atom stereocenters. The fraction of sp³-hybridized carbons (Fsp3) is 0.455. The quantitative estimate of drug-likeness (QED) is 0.684. The Morgan fingerprint density at radius 3 is 2.31 bits per heavy atom. The lowest BCUT2D eigenvalue weighted by Crippen LogP contribution is -2.33. The molecule has 2 N–H and O–H groups in total. The van der Waals surface area contributed by atoms with E-state index in [9.17, 15) is 0 Å². The summed E-state index contributed by atoms with van der Waals surface area (Å²) in [7, 11) is 1.03. The molecule has 0 saturated carbocycles. The van der Waals surface area contributed by atoms with E-state index >= 15 is 0 Å². The SMILES string of the molecule is COc1cc(B(O)O)ccc1BC(C)(C)C. The van der Waals surface area contributed by atoms with Crippen LogP contribution in [0.3, 0.4) is 0 Å². The minimum absolute atomic E-state index is 0.173. The van der Waals surface area contributed by atoms with Crippen molar-refractivity contribution in [1.82, 2.24) is 0 Å². The highest BCUT2D eigenvalue weighted by Crippen LogP contribution is 2.21. The zero-order chi connectivity index (χ0) is 12.3.